The number of hydrogen-bond donors (Lipinski definition) is 1. The number of aromatic nitrogens is 3. The molecule has 0 aliphatic rings. The van der Waals surface area contributed by atoms with Gasteiger partial charge >= 0.3 is 6.36 Å². The smallest absolute Gasteiger partial charge is 0.406 e. The number of alkyl halides is 3. The molecule has 9 heteroatoms. The summed E-state index contributed by atoms with van der Waals surface area (Å²) in [5, 5.41) is 7.71. The average Bonchev–Trinajstić information content (AvgIpc) is 3.11. The number of ether oxygens (including phenoxy) is 1. The predicted octanol–water partition coefficient (Wildman–Crippen LogP) is 5.61. The van der Waals surface area contributed by atoms with E-state index in [9.17, 15) is 13.2 Å². The summed E-state index contributed by atoms with van der Waals surface area (Å²) in [6.45, 7) is 9.73. The van der Waals surface area contributed by atoms with Crippen LogP contribution in [0.25, 0.3) is 5.65 Å². The van der Waals surface area contributed by atoms with Gasteiger partial charge in [-0.15, -0.1) is 13.2 Å². The summed E-state index contributed by atoms with van der Waals surface area (Å²) in [7, 11) is 0. The van der Waals surface area contributed by atoms with Crippen LogP contribution in [-0.2, 0) is 0 Å². The molecule has 2 aromatic heterocycles. The van der Waals surface area contributed by atoms with E-state index >= 15 is 0 Å². The Morgan fingerprint density at radius 2 is 1.80 bits per heavy atom. The molecule has 0 unspecified atom stereocenters. The van der Waals surface area contributed by atoms with Gasteiger partial charge in [-0.05, 0) is 50.5 Å². The molecule has 0 amide bonds. The molecule has 0 saturated heterocycles. The Morgan fingerprint density at radius 3 is 2.40 bits per heavy atom. The minimum absolute atomic E-state index is 0.251. The van der Waals surface area contributed by atoms with Gasteiger partial charge in [-0.2, -0.15) is 9.61 Å². The third kappa shape index (κ3) is 4.77. The molecule has 3 aromatic rings. The predicted molar refractivity (Wildman–Crippen MR) is 112 cm³/mol. The fourth-order valence-electron chi connectivity index (χ4n) is 3.46. The number of nitrogens with one attached hydrogen (secondary N) is 1. The number of anilines is 3. The van der Waals surface area contributed by atoms with Crippen LogP contribution in [-0.4, -0.2) is 34.0 Å². The molecule has 1 aromatic carbocycles. The Balaban J connectivity index is 2.00. The van der Waals surface area contributed by atoms with Crippen molar-refractivity contribution in [3.05, 3.63) is 41.6 Å². The van der Waals surface area contributed by atoms with Crippen LogP contribution in [0.1, 0.15) is 37.8 Å². The molecule has 162 valence electrons. The molecular formula is C21H26F3N5O. The van der Waals surface area contributed by atoms with E-state index in [2.05, 4.69) is 38.9 Å². The Bertz CT molecular complexity index is 1010. The number of nitrogens with zero attached hydrogens (tertiary/aromatic N) is 4. The lowest BCUT2D eigenvalue weighted by atomic mass is 10.1. The molecule has 2 heterocycles. The van der Waals surface area contributed by atoms with Crippen molar-refractivity contribution in [2.45, 2.75) is 46.9 Å². The normalized spacial score (nSPS) is 11.7. The van der Waals surface area contributed by atoms with Gasteiger partial charge in [0.25, 0.3) is 0 Å². The Hall–Kier alpha value is -2.97. The topological polar surface area (TPSA) is 54.7 Å². The minimum atomic E-state index is -4.72. The molecule has 6 nitrogen and oxygen atoms in total. The molecule has 0 aliphatic heterocycles. The first-order valence-corrected chi connectivity index (χ1v) is 9.96. The number of aryl methyl sites for hydroxylation is 1. The molecule has 0 spiro atoms. The van der Waals surface area contributed by atoms with Gasteiger partial charge < -0.3 is 15.0 Å². The van der Waals surface area contributed by atoms with Gasteiger partial charge in [0.2, 0.25) is 0 Å². The van der Waals surface area contributed by atoms with Gasteiger partial charge in [0.05, 0.1) is 6.20 Å². The number of rotatable bonds is 8. The molecule has 0 atom stereocenters. The fraction of sp³-hybridized carbons (Fsp3) is 0.429. The quantitative estimate of drug-likeness (QED) is 0.512. The zero-order chi connectivity index (χ0) is 21.9. The van der Waals surface area contributed by atoms with Crippen LogP contribution in [0.15, 0.2) is 30.5 Å². The van der Waals surface area contributed by atoms with E-state index in [4.69, 9.17) is 0 Å². The Kier molecular flexibility index (Phi) is 6.38. The second-order valence-corrected chi connectivity index (χ2v) is 7.15. The van der Waals surface area contributed by atoms with E-state index in [0.717, 1.165) is 37.3 Å². The molecule has 3 rings (SSSR count). The molecular weight excluding hydrogens is 395 g/mol. The van der Waals surface area contributed by atoms with Crippen molar-refractivity contribution in [2.75, 3.05) is 23.3 Å². The first-order valence-electron chi connectivity index (χ1n) is 9.96. The SMILES string of the molecule is CCCN(CCC)c1c(C)c(Nc2ccc(OC(F)(F)F)cc2C)nc2ccnn12. The van der Waals surface area contributed by atoms with Crippen molar-refractivity contribution in [3.8, 4) is 5.75 Å². The highest BCUT2D eigenvalue weighted by Gasteiger charge is 2.31. The van der Waals surface area contributed by atoms with Gasteiger partial charge in [-0.1, -0.05) is 13.8 Å². The van der Waals surface area contributed by atoms with E-state index in [1.54, 1.807) is 19.2 Å². The first-order chi connectivity index (χ1) is 14.2. The highest BCUT2D eigenvalue weighted by molar-refractivity contribution is 5.71. The van der Waals surface area contributed by atoms with Gasteiger partial charge in [0.1, 0.15) is 17.4 Å². The second kappa shape index (κ2) is 8.81. The van der Waals surface area contributed by atoms with E-state index in [-0.39, 0.29) is 5.75 Å². The van der Waals surface area contributed by atoms with Gasteiger partial charge in [0.15, 0.2) is 5.65 Å². The van der Waals surface area contributed by atoms with Crippen LogP contribution < -0.4 is 15.0 Å². The molecule has 0 aliphatic carbocycles. The van der Waals surface area contributed by atoms with Crippen LogP contribution in [0.5, 0.6) is 5.75 Å². The van der Waals surface area contributed by atoms with Crippen molar-refractivity contribution in [3.63, 3.8) is 0 Å². The Labute approximate surface area is 173 Å². The molecule has 1 N–H and O–H groups in total. The van der Waals surface area contributed by atoms with Crippen LogP contribution in [0.2, 0.25) is 0 Å². The van der Waals surface area contributed by atoms with Crippen LogP contribution in [0.3, 0.4) is 0 Å². The van der Waals surface area contributed by atoms with Gasteiger partial charge in [0, 0.05) is 30.4 Å². The van der Waals surface area contributed by atoms with Crippen LogP contribution in [0, 0.1) is 13.8 Å². The highest BCUT2D eigenvalue weighted by atomic mass is 19.4. The summed E-state index contributed by atoms with van der Waals surface area (Å²) in [5.74, 6) is 1.35. The van der Waals surface area contributed by atoms with Crippen molar-refractivity contribution in [2.24, 2.45) is 0 Å². The summed E-state index contributed by atoms with van der Waals surface area (Å²) in [5.41, 5.74) is 2.90. The van der Waals surface area contributed by atoms with Gasteiger partial charge in [-0.25, -0.2) is 4.98 Å². The Morgan fingerprint density at radius 1 is 1.10 bits per heavy atom. The number of halogens is 3. The van der Waals surface area contributed by atoms with E-state index in [1.807, 2.05) is 17.5 Å². The third-order valence-corrected chi connectivity index (χ3v) is 4.71. The zero-order valence-electron chi connectivity index (χ0n) is 17.5. The molecule has 0 saturated carbocycles. The first kappa shape index (κ1) is 21.7. The summed E-state index contributed by atoms with van der Waals surface area (Å²) >= 11 is 0. The summed E-state index contributed by atoms with van der Waals surface area (Å²) < 4.78 is 43.3. The third-order valence-electron chi connectivity index (χ3n) is 4.71. The maximum atomic E-state index is 12.5. The molecule has 0 bridgehead atoms. The molecule has 0 radical (unpaired) electrons. The van der Waals surface area contributed by atoms with Crippen LogP contribution in [0.4, 0.5) is 30.5 Å². The van der Waals surface area contributed by atoms with E-state index < -0.39 is 6.36 Å². The maximum absolute atomic E-state index is 12.5. The lowest BCUT2D eigenvalue weighted by Crippen LogP contribution is -2.28. The summed E-state index contributed by atoms with van der Waals surface area (Å²) in [6.07, 6.45) is -1.02. The number of fused-ring (bicyclic) bond motifs is 1. The van der Waals surface area contributed by atoms with Crippen molar-refractivity contribution < 1.29 is 17.9 Å². The largest absolute Gasteiger partial charge is 0.573 e. The van der Waals surface area contributed by atoms with Gasteiger partial charge in [-0.3, -0.25) is 0 Å². The number of benzene rings is 1. The lowest BCUT2D eigenvalue weighted by Gasteiger charge is -2.27. The van der Waals surface area contributed by atoms with Crippen molar-refractivity contribution in [1.82, 2.24) is 14.6 Å². The summed E-state index contributed by atoms with van der Waals surface area (Å²) in [6, 6.07) is 6.03. The number of hydrogen-bond acceptors (Lipinski definition) is 5. The molecule has 0 fully saturated rings. The van der Waals surface area contributed by atoms with E-state index in [1.165, 1.54) is 12.1 Å². The standard InChI is InChI=1S/C21H26F3N5O/c1-5-11-28(12-6-2)20-15(4)19(27-18-9-10-25-29(18)20)26-17-8-7-16(13-14(17)3)30-21(22,23)24/h7-10,13H,5-6,11-12H2,1-4H3,(H,26,27). The molecule has 30 heavy (non-hydrogen) atoms. The second-order valence-electron chi connectivity index (χ2n) is 7.15. The fourth-order valence-corrected chi connectivity index (χ4v) is 3.46. The zero-order valence-corrected chi connectivity index (χ0v) is 17.5. The monoisotopic (exact) mass is 421 g/mol. The maximum Gasteiger partial charge on any atom is 0.573 e. The highest BCUT2D eigenvalue weighted by Crippen LogP contribution is 2.32. The summed E-state index contributed by atoms with van der Waals surface area (Å²) in [4.78, 5) is 6.95. The van der Waals surface area contributed by atoms with Crippen molar-refractivity contribution in [1.29, 1.82) is 0 Å². The van der Waals surface area contributed by atoms with Crippen molar-refractivity contribution >= 4 is 23.0 Å². The van der Waals surface area contributed by atoms with E-state index in [0.29, 0.717) is 22.7 Å². The average molecular weight is 421 g/mol. The minimum Gasteiger partial charge on any atom is -0.406 e. The van der Waals surface area contributed by atoms with Crippen LogP contribution >= 0.6 is 0 Å². The lowest BCUT2D eigenvalue weighted by molar-refractivity contribution is -0.274.